The molecule has 2 aliphatic rings. The predicted octanol–water partition coefficient (Wildman–Crippen LogP) is 3.41. The normalized spacial score (nSPS) is 21.7. The van der Waals surface area contributed by atoms with Crippen molar-refractivity contribution in [1.29, 1.82) is 0 Å². The summed E-state index contributed by atoms with van der Waals surface area (Å²) in [7, 11) is 0. The molecular weight excluding hydrogens is 282 g/mol. The summed E-state index contributed by atoms with van der Waals surface area (Å²) in [4.78, 5) is 7.83. The molecule has 2 saturated heterocycles. The van der Waals surface area contributed by atoms with Crippen LogP contribution in [0.2, 0.25) is 0 Å². The van der Waals surface area contributed by atoms with Crippen molar-refractivity contribution in [2.45, 2.75) is 52.1 Å². The topological polar surface area (TPSA) is 9.72 Å². The Kier molecular flexibility index (Phi) is 4.70. The lowest BCUT2D eigenvalue weighted by Crippen LogP contribution is -2.66. The summed E-state index contributed by atoms with van der Waals surface area (Å²) in [6, 6.07) is 9.96. The molecule has 3 nitrogen and oxygen atoms in total. The lowest BCUT2D eigenvalue weighted by atomic mass is 9.96. The maximum Gasteiger partial charge on any atom is 0.0367 e. The summed E-state index contributed by atoms with van der Waals surface area (Å²) < 4.78 is 0. The van der Waals surface area contributed by atoms with E-state index in [2.05, 4.69) is 73.6 Å². The van der Waals surface area contributed by atoms with Crippen LogP contribution in [0.3, 0.4) is 0 Å². The molecule has 0 N–H and O–H groups in total. The van der Waals surface area contributed by atoms with Crippen molar-refractivity contribution in [3.8, 4) is 0 Å². The molecule has 2 aliphatic heterocycles. The van der Waals surface area contributed by atoms with Crippen LogP contribution < -0.4 is 4.90 Å². The van der Waals surface area contributed by atoms with Crippen LogP contribution >= 0.6 is 0 Å². The van der Waals surface area contributed by atoms with Crippen LogP contribution in [0.15, 0.2) is 24.3 Å². The minimum Gasteiger partial charge on any atom is -0.369 e. The highest BCUT2D eigenvalue weighted by Crippen LogP contribution is 2.26. The molecule has 0 amide bonds. The number of hydrogen-bond donors (Lipinski definition) is 0. The second-order valence-corrected chi connectivity index (χ2v) is 8.50. The fourth-order valence-corrected chi connectivity index (χ4v) is 3.65. The summed E-state index contributed by atoms with van der Waals surface area (Å²) in [6.07, 6.45) is 0. The monoisotopic (exact) mass is 315 g/mol. The van der Waals surface area contributed by atoms with Crippen molar-refractivity contribution in [2.75, 3.05) is 44.2 Å². The Balaban J connectivity index is 1.49. The van der Waals surface area contributed by atoms with Gasteiger partial charge in [0.1, 0.15) is 0 Å². The maximum absolute atomic E-state index is 2.70. The van der Waals surface area contributed by atoms with Crippen LogP contribution in [0.5, 0.6) is 0 Å². The van der Waals surface area contributed by atoms with Crippen molar-refractivity contribution >= 4 is 5.69 Å². The molecule has 2 fully saturated rings. The van der Waals surface area contributed by atoms with E-state index in [0.29, 0.717) is 11.5 Å². The van der Waals surface area contributed by atoms with Crippen molar-refractivity contribution in [1.82, 2.24) is 9.80 Å². The first-order valence-electron chi connectivity index (χ1n) is 9.18. The lowest BCUT2D eigenvalue weighted by Gasteiger charge is -2.53. The van der Waals surface area contributed by atoms with E-state index in [1.54, 1.807) is 0 Å². The molecule has 1 aromatic carbocycles. The van der Waals surface area contributed by atoms with Gasteiger partial charge in [-0.25, -0.2) is 0 Å². The van der Waals surface area contributed by atoms with Gasteiger partial charge in [0.15, 0.2) is 0 Å². The molecule has 0 saturated carbocycles. The number of nitrogens with zero attached hydrogens (tertiary/aromatic N) is 3. The third kappa shape index (κ3) is 3.72. The molecule has 0 spiro atoms. The number of anilines is 1. The lowest BCUT2D eigenvalue weighted by molar-refractivity contribution is -0.0237. The number of benzene rings is 1. The molecule has 0 unspecified atom stereocenters. The average Bonchev–Trinajstić information content (AvgIpc) is 2.45. The van der Waals surface area contributed by atoms with Crippen LogP contribution in [0, 0.1) is 0 Å². The number of hydrogen-bond acceptors (Lipinski definition) is 3. The molecule has 0 bridgehead atoms. The Morgan fingerprint density at radius 1 is 0.913 bits per heavy atom. The Morgan fingerprint density at radius 2 is 1.48 bits per heavy atom. The molecule has 23 heavy (non-hydrogen) atoms. The first-order chi connectivity index (χ1) is 10.8. The van der Waals surface area contributed by atoms with Gasteiger partial charge in [-0.15, -0.1) is 0 Å². The summed E-state index contributed by atoms with van der Waals surface area (Å²) in [6.45, 7) is 18.7. The molecule has 128 valence electrons. The zero-order valence-corrected chi connectivity index (χ0v) is 15.5. The van der Waals surface area contributed by atoms with Gasteiger partial charge in [-0.2, -0.15) is 0 Å². The van der Waals surface area contributed by atoms with Gasteiger partial charge in [-0.3, -0.25) is 9.80 Å². The fourth-order valence-electron chi connectivity index (χ4n) is 3.65. The second-order valence-electron chi connectivity index (χ2n) is 8.50. The van der Waals surface area contributed by atoms with Crippen LogP contribution in [0.1, 0.15) is 46.1 Å². The number of piperazine rings is 1. The van der Waals surface area contributed by atoms with Gasteiger partial charge in [0.05, 0.1) is 0 Å². The zero-order chi connectivity index (χ0) is 16.6. The van der Waals surface area contributed by atoms with Gasteiger partial charge in [0.2, 0.25) is 0 Å². The van der Waals surface area contributed by atoms with E-state index < -0.39 is 0 Å². The average molecular weight is 316 g/mol. The largest absolute Gasteiger partial charge is 0.369 e. The van der Waals surface area contributed by atoms with Crippen molar-refractivity contribution < 1.29 is 0 Å². The van der Waals surface area contributed by atoms with Crippen molar-refractivity contribution in [3.63, 3.8) is 0 Å². The second kappa shape index (κ2) is 6.45. The highest BCUT2D eigenvalue weighted by molar-refractivity contribution is 5.48. The number of likely N-dealkylation sites (tertiary alicyclic amines) is 1. The molecule has 3 rings (SSSR count). The van der Waals surface area contributed by atoms with Crippen LogP contribution in [0.25, 0.3) is 0 Å². The van der Waals surface area contributed by atoms with Gasteiger partial charge in [-0.1, -0.05) is 26.0 Å². The SMILES string of the molecule is CC(C)c1ccc(N2CCN(C3CN(C(C)(C)C)C3)CC2)cc1. The van der Waals surface area contributed by atoms with E-state index in [1.165, 1.54) is 37.4 Å². The minimum absolute atomic E-state index is 0.330. The van der Waals surface area contributed by atoms with Gasteiger partial charge < -0.3 is 4.90 Å². The molecule has 0 aromatic heterocycles. The molecule has 3 heteroatoms. The summed E-state index contributed by atoms with van der Waals surface area (Å²) in [5.74, 6) is 0.616. The standard InChI is InChI=1S/C20H33N3/c1-16(2)17-6-8-18(9-7-17)21-10-12-22(13-11-21)19-14-23(15-19)20(3,4)5/h6-9,16,19H,10-15H2,1-5H3. The van der Waals surface area contributed by atoms with Crippen molar-refractivity contribution in [2.24, 2.45) is 0 Å². The highest BCUT2D eigenvalue weighted by Gasteiger charge is 2.38. The van der Waals surface area contributed by atoms with Crippen LogP contribution in [-0.4, -0.2) is 60.6 Å². The summed E-state index contributed by atoms with van der Waals surface area (Å²) >= 11 is 0. The first-order valence-corrected chi connectivity index (χ1v) is 9.18. The smallest absolute Gasteiger partial charge is 0.0367 e. The van der Waals surface area contributed by atoms with E-state index in [1.807, 2.05) is 0 Å². The Morgan fingerprint density at radius 3 is 1.96 bits per heavy atom. The van der Waals surface area contributed by atoms with Gasteiger partial charge in [0.25, 0.3) is 0 Å². The van der Waals surface area contributed by atoms with E-state index in [4.69, 9.17) is 0 Å². The van der Waals surface area contributed by atoms with E-state index in [0.717, 1.165) is 19.1 Å². The number of rotatable bonds is 3. The molecule has 0 radical (unpaired) electrons. The van der Waals surface area contributed by atoms with Gasteiger partial charge >= 0.3 is 0 Å². The quantitative estimate of drug-likeness (QED) is 0.846. The third-order valence-electron chi connectivity index (χ3n) is 5.57. The Bertz CT molecular complexity index is 501. The summed E-state index contributed by atoms with van der Waals surface area (Å²) in [5.41, 5.74) is 3.15. The molecule has 1 aromatic rings. The Labute approximate surface area is 142 Å². The molecule has 2 heterocycles. The van der Waals surface area contributed by atoms with E-state index >= 15 is 0 Å². The minimum atomic E-state index is 0.330. The molecule has 0 aliphatic carbocycles. The van der Waals surface area contributed by atoms with Gasteiger partial charge in [-0.05, 0) is 44.4 Å². The predicted molar refractivity (Wildman–Crippen MR) is 99.4 cm³/mol. The van der Waals surface area contributed by atoms with E-state index in [-0.39, 0.29) is 0 Å². The fraction of sp³-hybridized carbons (Fsp3) is 0.700. The first kappa shape index (κ1) is 16.8. The van der Waals surface area contributed by atoms with Crippen molar-refractivity contribution in [3.05, 3.63) is 29.8 Å². The molecule has 0 atom stereocenters. The zero-order valence-electron chi connectivity index (χ0n) is 15.5. The van der Waals surface area contributed by atoms with Crippen LogP contribution in [-0.2, 0) is 0 Å². The van der Waals surface area contributed by atoms with Gasteiger partial charge in [0, 0.05) is 56.5 Å². The van der Waals surface area contributed by atoms with E-state index in [9.17, 15) is 0 Å². The maximum atomic E-state index is 2.70. The van der Waals surface area contributed by atoms with Crippen LogP contribution in [0.4, 0.5) is 5.69 Å². The molecular formula is C20H33N3. The summed E-state index contributed by atoms with van der Waals surface area (Å²) in [5, 5.41) is 0. The highest BCUT2D eigenvalue weighted by atomic mass is 15.4. The third-order valence-corrected chi connectivity index (χ3v) is 5.57. The Hall–Kier alpha value is -1.06.